The number of rotatable bonds is 5. The lowest BCUT2D eigenvalue weighted by Crippen LogP contribution is -2.42. The fourth-order valence-electron chi connectivity index (χ4n) is 3.06. The third kappa shape index (κ3) is 3.42. The van der Waals surface area contributed by atoms with Gasteiger partial charge in [-0.1, -0.05) is 30.3 Å². The number of nitrogens with zero attached hydrogens (tertiary/aromatic N) is 5. The van der Waals surface area contributed by atoms with Gasteiger partial charge in [-0.25, -0.2) is 19.9 Å². The van der Waals surface area contributed by atoms with Crippen LogP contribution < -0.4 is 10.2 Å². The maximum Gasteiger partial charge on any atom is 0.132 e. The first-order valence-electron chi connectivity index (χ1n) is 8.45. The van der Waals surface area contributed by atoms with Crippen LogP contribution in [0.3, 0.4) is 0 Å². The summed E-state index contributed by atoms with van der Waals surface area (Å²) in [6.07, 6.45) is 4.43. The van der Waals surface area contributed by atoms with E-state index in [1.165, 1.54) is 5.56 Å². The van der Waals surface area contributed by atoms with Crippen LogP contribution in [0, 0.1) is 6.92 Å². The molecule has 6 heteroatoms. The average molecular weight is 332 g/mol. The van der Waals surface area contributed by atoms with Crippen molar-refractivity contribution in [1.29, 1.82) is 0 Å². The summed E-state index contributed by atoms with van der Waals surface area (Å²) in [7, 11) is 0. The van der Waals surface area contributed by atoms with Crippen LogP contribution in [0.4, 0.5) is 11.6 Å². The fourth-order valence-corrected chi connectivity index (χ4v) is 3.06. The average Bonchev–Trinajstić information content (AvgIpc) is 2.60. The summed E-state index contributed by atoms with van der Waals surface area (Å²) >= 11 is 0. The van der Waals surface area contributed by atoms with Crippen molar-refractivity contribution in [1.82, 2.24) is 19.9 Å². The molecule has 6 nitrogen and oxygen atoms in total. The van der Waals surface area contributed by atoms with E-state index in [1.54, 1.807) is 12.5 Å². The van der Waals surface area contributed by atoms with E-state index < -0.39 is 0 Å². The topological polar surface area (TPSA) is 66.8 Å². The highest BCUT2D eigenvalue weighted by molar-refractivity contribution is 5.46. The molecule has 2 aromatic heterocycles. The van der Waals surface area contributed by atoms with Gasteiger partial charge in [0.05, 0.1) is 11.7 Å². The standard InChI is InChI=1S/C19H20N6/c1-14-23-16(17-8-10-25(17)19-7-9-20-13-22-19)11-18(24-14)21-12-15-5-3-2-4-6-15/h2-7,9,11,13,17H,8,10,12H2,1H3,(H,21,23,24)/t17-/m0/s1. The van der Waals surface area contributed by atoms with Crippen LogP contribution in [0.25, 0.3) is 0 Å². The molecule has 0 saturated carbocycles. The number of hydrogen-bond donors (Lipinski definition) is 1. The lowest BCUT2D eigenvalue weighted by atomic mass is 9.99. The molecule has 0 amide bonds. The van der Waals surface area contributed by atoms with Gasteiger partial charge in [-0.3, -0.25) is 0 Å². The van der Waals surface area contributed by atoms with Crippen LogP contribution >= 0.6 is 0 Å². The summed E-state index contributed by atoms with van der Waals surface area (Å²) in [6.45, 7) is 3.67. The predicted octanol–water partition coefficient (Wildman–Crippen LogP) is 3.14. The molecule has 1 aliphatic heterocycles. The van der Waals surface area contributed by atoms with Gasteiger partial charge < -0.3 is 10.2 Å². The Hall–Kier alpha value is -3.02. The van der Waals surface area contributed by atoms with Crippen LogP contribution in [0.2, 0.25) is 0 Å². The normalized spacial score (nSPS) is 16.4. The summed E-state index contributed by atoms with van der Waals surface area (Å²) in [5.74, 6) is 2.59. The Labute approximate surface area is 147 Å². The van der Waals surface area contributed by atoms with Gasteiger partial charge in [0, 0.05) is 25.4 Å². The molecular weight excluding hydrogens is 312 g/mol. The van der Waals surface area contributed by atoms with Crippen molar-refractivity contribution in [3.8, 4) is 0 Å². The largest absolute Gasteiger partial charge is 0.366 e. The molecule has 126 valence electrons. The van der Waals surface area contributed by atoms with E-state index >= 15 is 0 Å². The van der Waals surface area contributed by atoms with E-state index in [2.05, 4.69) is 42.3 Å². The molecule has 3 aromatic rings. The molecular formula is C19H20N6. The van der Waals surface area contributed by atoms with Gasteiger partial charge in [-0.05, 0) is 25.0 Å². The van der Waals surface area contributed by atoms with Gasteiger partial charge in [0.1, 0.15) is 23.8 Å². The van der Waals surface area contributed by atoms with E-state index in [9.17, 15) is 0 Å². The zero-order chi connectivity index (χ0) is 17.1. The molecule has 1 saturated heterocycles. The summed E-state index contributed by atoms with van der Waals surface area (Å²) in [6, 6.07) is 14.5. The van der Waals surface area contributed by atoms with Crippen LogP contribution in [-0.2, 0) is 6.54 Å². The second-order valence-corrected chi connectivity index (χ2v) is 6.13. The molecule has 0 aliphatic carbocycles. The minimum absolute atomic E-state index is 0.244. The molecule has 1 atom stereocenters. The highest BCUT2D eigenvalue weighted by atomic mass is 15.3. The second kappa shape index (κ2) is 6.84. The Morgan fingerprint density at radius 3 is 2.76 bits per heavy atom. The molecule has 0 unspecified atom stereocenters. The van der Waals surface area contributed by atoms with Gasteiger partial charge in [-0.2, -0.15) is 0 Å². The molecule has 1 aromatic carbocycles. The van der Waals surface area contributed by atoms with Gasteiger partial charge in [-0.15, -0.1) is 0 Å². The first kappa shape index (κ1) is 15.5. The molecule has 0 radical (unpaired) electrons. The number of nitrogens with one attached hydrogen (secondary N) is 1. The van der Waals surface area contributed by atoms with Crippen molar-refractivity contribution < 1.29 is 0 Å². The van der Waals surface area contributed by atoms with Crippen LogP contribution in [0.15, 0.2) is 55.0 Å². The zero-order valence-electron chi connectivity index (χ0n) is 14.1. The van der Waals surface area contributed by atoms with Gasteiger partial charge >= 0.3 is 0 Å². The quantitative estimate of drug-likeness (QED) is 0.774. The number of hydrogen-bond acceptors (Lipinski definition) is 6. The van der Waals surface area contributed by atoms with Crippen LogP contribution in [0.5, 0.6) is 0 Å². The number of aromatic nitrogens is 4. The molecule has 1 N–H and O–H groups in total. The van der Waals surface area contributed by atoms with Crippen molar-refractivity contribution in [3.05, 3.63) is 72.1 Å². The summed E-state index contributed by atoms with van der Waals surface area (Å²) in [5.41, 5.74) is 2.26. The zero-order valence-corrected chi connectivity index (χ0v) is 14.1. The van der Waals surface area contributed by atoms with E-state index in [1.807, 2.05) is 37.3 Å². The van der Waals surface area contributed by atoms with Gasteiger partial charge in [0.2, 0.25) is 0 Å². The summed E-state index contributed by atoms with van der Waals surface area (Å²) in [5, 5.41) is 3.40. The SMILES string of the molecule is Cc1nc(NCc2ccccc2)cc([C@@H]2CCN2c2ccncn2)n1. The highest BCUT2D eigenvalue weighted by Crippen LogP contribution is 2.36. The van der Waals surface area contributed by atoms with Crippen LogP contribution in [-0.4, -0.2) is 26.5 Å². The lowest BCUT2D eigenvalue weighted by molar-refractivity contribution is 0.449. The van der Waals surface area contributed by atoms with Crippen molar-refractivity contribution in [2.75, 3.05) is 16.8 Å². The van der Waals surface area contributed by atoms with E-state index in [0.29, 0.717) is 0 Å². The van der Waals surface area contributed by atoms with Gasteiger partial charge in [0.25, 0.3) is 0 Å². The third-order valence-corrected chi connectivity index (χ3v) is 4.40. The summed E-state index contributed by atoms with van der Waals surface area (Å²) < 4.78 is 0. The maximum absolute atomic E-state index is 4.65. The van der Waals surface area contributed by atoms with Crippen molar-refractivity contribution >= 4 is 11.6 Å². The Morgan fingerprint density at radius 1 is 1.16 bits per heavy atom. The third-order valence-electron chi connectivity index (χ3n) is 4.40. The first-order valence-corrected chi connectivity index (χ1v) is 8.45. The molecule has 1 aliphatic rings. The Balaban J connectivity index is 1.52. The molecule has 0 spiro atoms. The monoisotopic (exact) mass is 332 g/mol. The molecule has 1 fully saturated rings. The first-order chi connectivity index (χ1) is 12.3. The van der Waals surface area contributed by atoms with Gasteiger partial charge in [0.15, 0.2) is 0 Å². The molecule has 3 heterocycles. The number of benzene rings is 1. The van der Waals surface area contributed by atoms with E-state index in [4.69, 9.17) is 0 Å². The fraction of sp³-hybridized carbons (Fsp3) is 0.263. The smallest absolute Gasteiger partial charge is 0.132 e. The second-order valence-electron chi connectivity index (χ2n) is 6.13. The predicted molar refractivity (Wildman–Crippen MR) is 97.3 cm³/mol. The van der Waals surface area contributed by atoms with Crippen molar-refractivity contribution in [2.24, 2.45) is 0 Å². The maximum atomic E-state index is 4.65. The van der Waals surface area contributed by atoms with Crippen molar-refractivity contribution in [3.63, 3.8) is 0 Å². The minimum atomic E-state index is 0.244. The Kier molecular flexibility index (Phi) is 4.24. The number of aryl methyl sites for hydroxylation is 1. The molecule has 25 heavy (non-hydrogen) atoms. The summed E-state index contributed by atoms with van der Waals surface area (Å²) in [4.78, 5) is 19.8. The minimum Gasteiger partial charge on any atom is -0.366 e. The number of anilines is 2. The Bertz CT molecular complexity index is 837. The lowest BCUT2D eigenvalue weighted by Gasteiger charge is -2.41. The highest BCUT2D eigenvalue weighted by Gasteiger charge is 2.32. The van der Waals surface area contributed by atoms with Crippen LogP contribution in [0.1, 0.15) is 29.5 Å². The Morgan fingerprint density at radius 2 is 2.04 bits per heavy atom. The molecule has 0 bridgehead atoms. The molecule has 4 rings (SSSR count). The van der Waals surface area contributed by atoms with E-state index in [0.717, 1.165) is 42.7 Å². The van der Waals surface area contributed by atoms with E-state index in [-0.39, 0.29) is 6.04 Å². The van der Waals surface area contributed by atoms with Crippen molar-refractivity contribution in [2.45, 2.75) is 25.9 Å².